The number of nitrogens with one attached hydrogen (secondary N) is 1. The molecule has 0 aromatic heterocycles. The van der Waals surface area contributed by atoms with Crippen LogP contribution in [0.3, 0.4) is 0 Å². The molecule has 1 saturated heterocycles. The highest BCUT2D eigenvalue weighted by Crippen LogP contribution is 1.96. The van der Waals surface area contributed by atoms with Crippen LogP contribution in [-0.2, 0) is 4.79 Å². The summed E-state index contributed by atoms with van der Waals surface area (Å²) >= 11 is 0. The summed E-state index contributed by atoms with van der Waals surface area (Å²) in [6.45, 7) is 4.21. The first-order valence-corrected chi connectivity index (χ1v) is 4.35. The molecule has 62 valence electrons. The second kappa shape index (κ2) is 4.29. The zero-order chi connectivity index (χ0) is 8.10. The smallest absolute Gasteiger partial charge is 0.202 e. The standard InChI is InChI=1S/C9H15NO/c1-2-9(8-11)10-6-4-3-5-7-10/h2,8H,3-7H2,1H3/p+1/b9-2-. The van der Waals surface area contributed by atoms with E-state index in [1.165, 1.54) is 24.2 Å². The Labute approximate surface area is 67.9 Å². The third kappa shape index (κ3) is 2.15. The third-order valence-electron chi connectivity index (χ3n) is 2.30. The van der Waals surface area contributed by atoms with Crippen molar-refractivity contribution in [3.05, 3.63) is 11.8 Å². The monoisotopic (exact) mass is 154 g/mol. The largest absolute Gasteiger partial charge is 0.300 e. The average molecular weight is 154 g/mol. The van der Waals surface area contributed by atoms with Crippen LogP contribution in [0.4, 0.5) is 0 Å². The van der Waals surface area contributed by atoms with Crippen molar-refractivity contribution in [2.24, 2.45) is 0 Å². The van der Waals surface area contributed by atoms with Crippen LogP contribution >= 0.6 is 0 Å². The molecule has 2 heteroatoms. The Hall–Kier alpha value is -0.630. The molecule has 2 nitrogen and oxygen atoms in total. The molecule has 1 N–H and O–H groups in total. The van der Waals surface area contributed by atoms with E-state index in [2.05, 4.69) is 0 Å². The van der Waals surface area contributed by atoms with Gasteiger partial charge in [0.25, 0.3) is 0 Å². The minimum Gasteiger partial charge on any atom is -0.300 e. The second-order valence-corrected chi connectivity index (χ2v) is 3.03. The maximum absolute atomic E-state index is 10.5. The minimum atomic E-state index is 0.935. The van der Waals surface area contributed by atoms with Crippen LogP contribution in [0.25, 0.3) is 0 Å². The average Bonchev–Trinajstić information content (AvgIpc) is 2.09. The summed E-state index contributed by atoms with van der Waals surface area (Å²) in [4.78, 5) is 11.9. The number of hydrogen-bond acceptors (Lipinski definition) is 1. The van der Waals surface area contributed by atoms with Crippen LogP contribution in [0.15, 0.2) is 11.8 Å². The third-order valence-corrected chi connectivity index (χ3v) is 2.30. The fourth-order valence-corrected chi connectivity index (χ4v) is 1.62. The zero-order valence-corrected chi connectivity index (χ0v) is 7.10. The number of quaternary nitrogens is 1. The Morgan fingerprint density at radius 2 is 1.91 bits per heavy atom. The van der Waals surface area contributed by atoms with E-state index in [0.717, 1.165) is 25.1 Å². The maximum Gasteiger partial charge on any atom is 0.202 e. The van der Waals surface area contributed by atoms with E-state index >= 15 is 0 Å². The van der Waals surface area contributed by atoms with Crippen molar-refractivity contribution in [2.75, 3.05) is 13.1 Å². The van der Waals surface area contributed by atoms with Gasteiger partial charge >= 0.3 is 0 Å². The molecule has 0 bridgehead atoms. The molecular weight excluding hydrogens is 138 g/mol. The fourth-order valence-electron chi connectivity index (χ4n) is 1.62. The molecule has 0 aromatic carbocycles. The van der Waals surface area contributed by atoms with Gasteiger partial charge in [0.15, 0.2) is 5.70 Å². The fraction of sp³-hybridized carbons (Fsp3) is 0.667. The molecule has 0 unspecified atom stereocenters. The Kier molecular flexibility index (Phi) is 3.30. The van der Waals surface area contributed by atoms with Gasteiger partial charge in [-0.2, -0.15) is 0 Å². The molecule has 1 heterocycles. The van der Waals surface area contributed by atoms with Crippen LogP contribution in [-0.4, -0.2) is 19.4 Å². The number of carbonyl (C=O) groups excluding carboxylic acids is 1. The second-order valence-electron chi connectivity index (χ2n) is 3.03. The van der Waals surface area contributed by atoms with Gasteiger partial charge in [-0.3, -0.25) is 9.69 Å². The highest BCUT2D eigenvalue weighted by molar-refractivity contribution is 5.69. The summed E-state index contributed by atoms with van der Waals surface area (Å²) in [5.74, 6) is 0. The first kappa shape index (κ1) is 8.47. The van der Waals surface area contributed by atoms with Gasteiger partial charge in [0.1, 0.15) is 0 Å². The lowest BCUT2D eigenvalue weighted by Crippen LogP contribution is -3.11. The van der Waals surface area contributed by atoms with E-state index in [9.17, 15) is 4.79 Å². The molecule has 0 spiro atoms. The lowest BCUT2D eigenvalue weighted by atomic mass is 10.1. The van der Waals surface area contributed by atoms with Crippen molar-refractivity contribution in [3.63, 3.8) is 0 Å². The zero-order valence-electron chi connectivity index (χ0n) is 7.10. The molecule has 0 atom stereocenters. The highest BCUT2D eigenvalue weighted by Gasteiger charge is 2.16. The molecule has 0 aromatic rings. The topological polar surface area (TPSA) is 21.5 Å². The molecule has 0 aliphatic carbocycles. The van der Waals surface area contributed by atoms with Gasteiger partial charge in [-0.1, -0.05) is 0 Å². The lowest BCUT2D eigenvalue weighted by Gasteiger charge is -2.22. The molecule has 0 amide bonds. The van der Waals surface area contributed by atoms with Crippen LogP contribution in [0, 0.1) is 0 Å². The summed E-state index contributed by atoms with van der Waals surface area (Å²) in [6, 6.07) is 0. The molecule has 0 radical (unpaired) electrons. The quantitative estimate of drug-likeness (QED) is 0.444. The molecule has 1 rings (SSSR count). The maximum atomic E-state index is 10.5. The molecule has 1 aliphatic heterocycles. The Balaban J connectivity index is 2.49. The Morgan fingerprint density at radius 1 is 1.27 bits per heavy atom. The number of allylic oxidation sites excluding steroid dienone is 2. The van der Waals surface area contributed by atoms with E-state index < -0.39 is 0 Å². The molecule has 1 aliphatic rings. The van der Waals surface area contributed by atoms with Gasteiger partial charge < -0.3 is 0 Å². The molecular formula is C9H16NO+. The van der Waals surface area contributed by atoms with E-state index in [4.69, 9.17) is 0 Å². The lowest BCUT2D eigenvalue weighted by molar-refractivity contribution is -0.860. The summed E-state index contributed by atoms with van der Waals surface area (Å²) < 4.78 is 0. The number of hydrogen-bond donors (Lipinski definition) is 1. The van der Waals surface area contributed by atoms with Crippen molar-refractivity contribution >= 4 is 6.29 Å². The minimum absolute atomic E-state index is 0.935. The van der Waals surface area contributed by atoms with Gasteiger partial charge in [-0.05, 0) is 32.3 Å². The van der Waals surface area contributed by atoms with Crippen molar-refractivity contribution in [3.8, 4) is 0 Å². The van der Waals surface area contributed by atoms with Crippen LogP contribution < -0.4 is 4.90 Å². The summed E-state index contributed by atoms with van der Waals surface area (Å²) in [7, 11) is 0. The number of carbonyl (C=O) groups is 1. The van der Waals surface area contributed by atoms with E-state index in [1.54, 1.807) is 0 Å². The van der Waals surface area contributed by atoms with Gasteiger partial charge in [0, 0.05) is 0 Å². The Morgan fingerprint density at radius 3 is 2.36 bits per heavy atom. The summed E-state index contributed by atoms with van der Waals surface area (Å²) in [5.41, 5.74) is 0.935. The van der Waals surface area contributed by atoms with Crippen molar-refractivity contribution < 1.29 is 9.69 Å². The first-order chi connectivity index (χ1) is 5.38. The van der Waals surface area contributed by atoms with Gasteiger partial charge in [0.2, 0.25) is 6.29 Å². The van der Waals surface area contributed by atoms with Gasteiger partial charge in [-0.15, -0.1) is 0 Å². The normalized spacial score (nSPS) is 21.7. The van der Waals surface area contributed by atoms with E-state index in [-0.39, 0.29) is 0 Å². The first-order valence-electron chi connectivity index (χ1n) is 4.35. The predicted octanol–water partition coefficient (Wildman–Crippen LogP) is 0.158. The van der Waals surface area contributed by atoms with Crippen LogP contribution in [0.5, 0.6) is 0 Å². The van der Waals surface area contributed by atoms with Gasteiger partial charge in [0.05, 0.1) is 13.1 Å². The van der Waals surface area contributed by atoms with E-state index in [0.29, 0.717) is 0 Å². The SMILES string of the molecule is C/C=C(/C=O)[NH+]1CCCCC1. The molecule has 0 saturated carbocycles. The molecule has 1 fully saturated rings. The van der Waals surface area contributed by atoms with E-state index in [1.807, 2.05) is 13.0 Å². The van der Waals surface area contributed by atoms with Crippen molar-refractivity contribution in [1.82, 2.24) is 0 Å². The van der Waals surface area contributed by atoms with Crippen LogP contribution in [0.1, 0.15) is 26.2 Å². The predicted molar refractivity (Wildman–Crippen MR) is 44.4 cm³/mol. The Bertz CT molecular complexity index is 157. The van der Waals surface area contributed by atoms with Crippen LogP contribution in [0.2, 0.25) is 0 Å². The number of piperidine rings is 1. The van der Waals surface area contributed by atoms with Crippen molar-refractivity contribution in [1.29, 1.82) is 0 Å². The van der Waals surface area contributed by atoms with Gasteiger partial charge in [-0.25, -0.2) is 0 Å². The highest BCUT2D eigenvalue weighted by atomic mass is 16.1. The number of aldehydes is 1. The number of likely N-dealkylation sites (tertiary alicyclic amines) is 1. The summed E-state index contributed by atoms with van der Waals surface area (Å²) in [5, 5.41) is 0. The van der Waals surface area contributed by atoms with Crippen molar-refractivity contribution in [2.45, 2.75) is 26.2 Å². The summed E-state index contributed by atoms with van der Waals surface area (Å²) in [6.07, 6.45) is 6.77. The number of rotatable bonds is 2. The molecule has 11 heavy (non-hydrogen) atoms.